The lowest BCUT2D eigenvalue weighted by atomic mass is 10.2. The molecule has 2 aromatic rings. The average Bonchev–Trinajstić information content (AvgIpc) is 3.32. The predicted octanol–water partition coefficient (Wildman–Crippen LogP) is 2.45. The molecule has 1 aromatic heterocycles. The first-order chi connectivity index (χ1) is 11.2. The van der Waals surface area contributed by atoms with E-state index in [0.29, 0.717) is 25.4 Å². The average molecular weight is 310 g/mol. The van der Waals surface area contributed by atoms with Crippen LogP contribution in [-0.4, -0.2) is 38.2 Å². The molecule has 0 atom stereocenters. The van der Waals surface area contributed by atoms with Gasteiger partial charge in [0.2, 0.25) is 5.91 Å². The fourth-order valence-electron chi connectivity index (χ4n) is 2.60. The summed E-state index contributed by atoms with van der Waals surface area (Å²) in [6.45, 7) is 0.678. The summed E-state index contributed by atoms with van der Waals surface area (Å²) in [6.07, 6.45) is 9.19. The number of nitrogens with zero attached hydrogens (tertiary/aromatic N) is 4. The molecule has 120 valence electrons. The number of rotatable bonds is 7. The minimum atomic E-state index is 0.202. The Bertz CT molecular complexity index is 673. The Labute approximate surface area is 136 Å². The molecule has 1 fully saturated rings. The third-order valence-electron chi connectivity index (χ3n) is 4.09. The van der Waals surface area contributed by atoms with Crippen molar-refractivity contribution in [3.8, 4) is 0 Å². The maximum Gasteiger partial charge on any atom is 0.223 e. The molecule has 1 saturated carbocycles. The molecule has 23 heavy (non-hydrogen) atoms. The lowest BCUT2D eigenvalue weighted by Gasteiger charge is -2.20. The van der Waals surface area contributed by atoms with E-state index in [1.807, 2.05) is 34.7 Å². The zero-order valence-electron chi connectivity index (χ0n) is 13.4. The van der Waals surface area contributed by atoms with E-state index in [1.165, 1.54) is 0 Å². The number of benzene rings is 1. The normalized spacial score (nSPS) is 14.3. The zero-order chi connectivity index (χ0) is 16.1. The molecule has 1 aliphatic rings. The van der Waals surface area contributed by atoms with Crippen LogP contribution in [0.2, 0.25) is 0 Å². The van der Waals surface area contributed by atoms with E-state index in [4.69, 9.17) is 0 Å². The molecule has 0 radical (unpaired) electrons. The Balaban J connectivity index is 1.55. The van der Waals surface area contributed by atoms with Crippen LogP contribution < -0.4 is 0 Å². The zero-order valence-corrected chi connectivity index (χ0v) is 13.4. The molecule has 0 aliphatic heterocycles. The highest BCUT2D eigenvalue weighted by Gasteiger charge is 2.31. The summed E-state index contributed by atoms with van der Waals surface area (Å²) in [5, 5.41) is 7.89. The number of carbonyl (C=O) groups excluding carboxylic acids is 1. The van der Waals surface area contributed by atoms with E-state index < -0.39 is 0 Å². The van der Waals surface area contributed by atoms with Crippen LogP contribution in [0.25, 0.3) is 6.08 Å². The minimum absolute atomic E-state index is 0.202. The highest BCUT2D eigenvalue weighted by molar-refractivity contribution is 5.77. The second-order valence-electron chi connectivity index (χ2n) is 5.95. The summed E-state index contributed by atoms with van der Waals surface area (Å²) in [7, 11) is 1.90. The molecule has 1 heterocycles. The first-order valence-corrected chi connectivity index (χ1v) is 8.08. The van der Waals surface area contributed by atoms with Crippen LogP contribution in [0.15, 0.2) is 42.7 Å². The maximum absolute atomic E-state index is 12.5. The van der Waals surface area contributed by atoms with Gasteiger partial charge in [-0.3, -0.25) is 4.79 Å². The fraction of sp³-hybridized carbons (Fsp3) is 0.389. The Hall–Kier alpha value is -2.43. The van der Waals surface area contributed by atoms with E-state index >= 15 is 0 Å². The molecule has 1 aromatic carbocycles. The van der Waals surface area contributed by atoms with Crippen molar-refractivity contribution in [3.63, 3.8) is 0 Å². The molecule has 0 N–H and O–H groups in total. The van der Waals surface area contributed by atoms with Crippen molar-refractivity contribution in [1.82, 2.24) is 19.7 Å². The van der Waals surface area contributed by atoms with Crippen LogP contribution in [0.1, 0.15) is 30.7 Å². The summed E-state index contributed by atoms with van der Waals surface area (Å²) in [6, 6.07) is 10.6. The minimum Gasteiger partial charge on any atom is -0.336 e. The number of amides is 1. The van der Waals surface area contributed by atoms with Gasteiger partial charge in [-0.1, -0.05) is 42.5 Å². The standard InChI is InChI=1S/C18H22N4O/c1-21-14-19-20-17(21)11-12-18(23)22(16-9-10-16)13-5-8-15-6-3-2-4-7-15/h2-8,14,16H,9-13H2,1H3/b8-5+. The van der Waals surface area contributed by atoms with Crippen molar-refractivity contribution < 1.29 is 4.79 Å². The molecule has 0 unspecified atom stereocenters. The van der Waals surface area contributed by atoms with Crippen LogP contribution >= 0.6 is 0 Å². The molecule has 1 aliphatic carbocycles. The second-order valence-corrected chi connectivity index (χ2v) is 5.95. The van der Waals surface area contributed by atoms with Gasteiger partial charge in [0.25, 0.3) is 0 Å². The van der Waals surface area contributed by atoms with Gasteiger partial charge in [-0.25, -0.2) is 0 Å². The third-order valence-corrected chi connectivity index (χ3v) is 4.09. The molecular formula is C18H22N4O. The fourth-order valence-corrected chi connectivity index (χ4v) is 2.60. The van der Waals surface area contributed by atoms with Gasteiger partial charge in [0, 0.05) is 32.5 Å². The Morgan fingerprint density at radius 3 is 2.78 bits per heavy atom. The summed E-state index contributed by atoms with van der Waals surface area (Å²) >= 11 is 0. The van der Waals surface area contributed by atoms with Gasteiger partial charge in [-0.05, 0) is 18.4 Å². The van der Waals surface area contributed by atoms with Crippen molar-refractivity contribution in [2.24, 2.45) is 7.05 Å². The number of hydrogen-bond acceptors (Lipinski definition) is 3. The van der Waals surface area contributed by atoms with E-state index in [1.54, 1.807) is 6.33 Å². The van der Waals surface area contributed by atoms with Gasteiger partial charge in [-0.2, -0.15) is 0 Å². The van der Waals surface area contributed by atoms with Gasteiger partial charge in [0.1, 0.15) is 12.2 Å². The molecule has 3 rings (SSSR count). The summed E-state index contributed by atoms with van der Waals surface area (Å²) in [4.78, 5) is 14.5. The number of carbonyl (C=O) groups is 1. The highest BCUT2D eigenvalue weighted by Crippen LogP contribution is 2.27. The molecule has 5 heteroatoms. The van der Waals surface area contributed by atoms with Crippen LogP contribution in [0.4, 0.5) is 0 Å². The molecule has 0 spiro atoms. The van der Waals surface area contributed by atoms with Crippen molar-refractivity contribution in [1.29, 1.82) is 0 Å². The summed E-state index contributed by atoms with van der Waals surface area (Å²) < 4.78 is 1.87. The lowest BCUT2D eigenvalue weighted by molar-refractivity contribution is -0.131. The van der Waals surface area contributed by atoms with Crippen molar-refractivity contribution in [2.75, 3.05) is 6.54 Å². The quantitative estimate of drug-likeness (QED) is 0.789. The SMILES string of the molecule is Cn1cnnc1CCC(=O)N(C/C=C/c1ccccc1)C1CC1. The van der Waals surface area contributed by atoms with Crippen LogP contribution in [-0.2, 0) is 18.3 Å². The number of hydrogen-bond donors (Lipinski definition) is 0. The van der Waals surface area contributed by atoms with E-state index in [-0.39, 0.29) is 5.91 Å². The monoisotopic (exact) mass is 310 g/mol. The summed E-state index contributed by atoms with van der Waals surface area (Å²) in [5.41, 5.74) is 1.16. The number of aromatic nitrogens is 3. The van der Waals surface area contributed by atoms with Crippen molar-refractivity contribution in [3.05, 3.63) is 54.1 Å². The van der Waals surface area contributed by atoms with Crippen LogP contribution in [0.5, 0.6) is 0 Å². The van der Waals surface area contributed by atoms with Crippen molar-refractivity contribution >= 4 is 12.0 Å². The highest BCUT2D eigenvalue weighted by atomic mass is 16.2. The molecule has 5 nitrogen and oxygen atoms in total. The molecule has 0 saturated heterocycles. The van der Waals surface area contributed by atoms with E-state index in [0.717, 1.165) is 24.2 Å². The van der Waals surface area contributed by atoms with Crippen LogP contribution in [0, 0.1) is 0 Å². The van der Waals surface area contributed by atoms with Gasteiger partial charge in [0.05, 0.1) is 0 Å². The molecular weight excluding hydrogens is 288 g/mol. The second kappa shape index (κ2) is 7.22. The summed E-state index contributed by atoms with van der Waals surface area (Å²) in [5.74, 6) is 1.06. The van der Waals surface area contributed by atoms with E-state index in [2.05, 4.69) is 34.5 Å². The smallest absolute Gasteiger partial charge is 0.223 e. The van der Waals surface area contributed by atoms with Crippen LogP contribution in [0.3, 0.4) is 0 Å². The molecule has 1 amide bonds. The third kappa shape index (κ3) is 4.28. The van der Waals surface area contributed by atoms with Gasteiger partial charge < -0.3 is 9.47 Å². The maximum atomic E-state index is 12.5. The van der Waals surface area contributed by atoms with Gasteiger partial charge >= 0.3 is 0 Å². The first-order valence-electron chi connectivity index (χ1n) is 8.08. The van der Waals surface area contributed by atoms with Gasteiger partial charge in [-0.15, -0.1) is 10.2 Å². The lowest BCUT2D eigenvalue weighted by Crippen LogP contribution is -2.33. The Morgan fingerprint density at radius 1 is 1.35 bits per heavy atom. The Morgan fingerprint density at radius 2 is 2.13 bits per heavy atom. The predicted molar refractivity (Wildman–Crippen MR) is 89.5 cm³/mol. The largest absolute Gasteiger partial charge is 0.336 e. The Kier molecular flexibility index (Phi) is 4.86. The topological polar surface area (TPSA) is 51.0 Å². The first kappa shape index (κ1) is 15.5. The number of aryl methyl sites for hydroxylation is 2. The van der Waals surface area contributed by atoms with Crippen molar-refractivity contribution in [2.45, 2.75) is 31.7 Å². The van der Waals surface area contributed by atoms with E-state index in [9.17, 15) is 4.79 Å². The van der Waals surface area contributed by atoms with Gasteiger partial charge in [0.15, 0.2) is 0 Å². The molecule has 0 bridgehead atoms.